The van der Waals surface area contributed by atoms with Crippen LogP contribution < -0.4 is 16.0 Å². The van der Waals surface area contributed by atoms with Crippen molar-refractivity contribution in [1.82, 2.24) is 16.0 Å². The number of nitrogens with one attached hydrogen (secondary N) is 3. The molecule has 8 nitrogen and oxygen atoms in total. The van der Waals surface area contributed by atoms with Gasteiger partial charge in [-0.05, 0) is 19.3 Å². The molecule has 0 aliphatic heterocycles. The van der Waals surface area contributed by atoms with E-state index < -0.39 is 35.9 Å². The van der Waals surface area contributed by atoms with E-state index in [1.54, 1.807) is 0 Å². The van der Waals surface area contributed by atoms with Gasteiger partial charge < -0.3 is 21.1 Å². The number of hydrogen-bond donors (Lipinski definition) is 4. The number of rotatable bonds is 15. The largest absolute Gasteiger partial charge is 0.480 e. The van der Waals surface area contributed by atoms with Gasteiger partial charge in [-0.15, -0.1) is 0 Å². The second-order valence-electron chi connectivity index (χ2n) is 7.14. The second kappa shape index (κ2) is 14.9. The molecule has 0 spiro atoms. The third-order valence-corrected chi connectivity index (χ3v) is 4.48. The number of carbonyl (C=O) groups is 4. The fourth-order valence-electron chi connectivity index (χ4n) is 2.81. The van der Waals surface area contributed by atoms with Crippen LogP contribution in [0.4, 0.5) is 0 Å². The molecule has 3 atom stereocenters. The Kier molecular flexibility index (Phi) is 13.8. The van der Waals surface area contributed by atoms with Crippen molar-refractivity contribution in [3.63, 3.8) is 0 Å². The zero-order chi connectivity index (χ0) is 21.5. The van der Waals surface area contributed by atoms with Crippen LogP contribution in [0.1, 0.15) is 85.5 Å². The van der Waals surface area contributed by atoms with Crippen LogP contribution in [-0.4, -0.2) is 46.9 Å². The minimum absolute atomic E-state index is 0.309. The Hall–Kier alpha value is -2.12. The van der Waals surface area contributed by atoms with Crippen molar-refractivity contribution in [1.29, 1.82) is 0 Å². The topological polar surface area (TPSA) is 125 Å². The molecule has 3 amide bonds. The normalized spacial score (nSPS) is 13.9. The number of hydrogen-bond acceptors (Lipinski definition) is 4. The predicted molar refractivity (Wildman–Crippen MR) is 108 cm³/mol. The summed E-state index contributed by atoms with van der Waals surface area (Å²) in [5.74, 6) is -2.31. The molecule has 0 aromatic heterocycles. The molecule has 162 valence electrons. The number of carbonyl (C=O) groups excluding carboxylic acids is 3. The number of aliphatic carboxylic acids is 1. The lowest BCUT2D eigenvalue weighted by Gasteiger charge is -2.24. The Morgan fingerprint density at radius 3 is 1.39 bits per heavy atom. The lowest BCUT2D eigenvalue weighted by molar-refractivity contribution is -0.142. The fraction of sp³-hybridized carbons (Fsp3) is 0.800. The Balaban J connectivity index is 5.14. The van der Waals surface area contributed by atoms with Gasteiger partial charge in [0.1, 0.15) is 18.1 Å². The minimum atomic E-state index is -1.08. The summed E-state index contributed by atoms with van der Waals surface area (Å²) in [6, 6.07) is -2.50. The first kappa shape index (κ1) is 25.9. The van der Waals surface area contributed by atoms with Gasteiger partial charge in [0.15, 0.2) is 0 Å². The molecule has 0 radical (unpaired) electrons. The highest BCUT2D eigenvalue weighted by Crippen LogP contribution is 2.07. The number of unbranched alkanes of at least 4 members (excludes halogenated alkanes) is 3. The number of carboxylic acids is 1. The van der Waals surface area contributed by atoms with Crippen molar-refractivity contribution in [2.75, 3.05) is 0 Å². The molecule has 0 saturated carbocycles. The summed E-state index contributed by atoms with van der Waals surface area (Å²) in [7, 11) is 0. The molecule has 0 fully saturated rings. The highest BCUT2D eigenvalue weighted by atomic mass is 16.4. The van der Waals surface area contributed by atoms with Gasteiger partial charge >= 0.3 is 5.97 Å². The van der Waals surface area contributed by atoms with Crippen LogP contribution >= 0.6 is 0 Å². The quantitative estimate of drug-likeness (QED) is 0.336. The second-order valence-corrected chi connectivity index (χ2v) is 7.14. The fourth-order valence-corrected chi connectivity index (χ4v) is 2.81. The number of carboxylic acid groups (broad SMARTS) is 1. The third kappa shape index (κ3) is 10.9. The van der Waals surface area contributed by atoms with Crippen LogP contribution in [0.3, 0.4) is 0 Å². The zero-order valence-electron chi connectivity index (χ0n) is 17.7. The Labute approximate surface area is 168 Å². The smallest absolute Gasteiger partial charge is 0.326 e. The molecule has 28 heavy (non-hydrogen) atoms. The summed E-state index contributed by atoms with van der Waals surface area (Å²) in [5, 5.41) is 17.2. The third-order valence-electron chi connectivity index (χ3n) is 4.48. The van der Waals surface area contributed by atoms with Crippen LogP contribution in [0, 0.1) is 0 Å². The van der Waals surface area contributed by atoms with E-state index in [4.69, 9.17) is 0 Å². The predicted octanol–water partition coefficient (Wildman–Crippen LogP) is 2.12. The maximum absolute atomic E-state index is 12.6. The molecule has 0 saturated heterocycles. The molecule has 8 heteroatoms. The molecule has 0 rings (SSSR count). The Morgan fingerprint density at radius 2 is 1.04 bits per heavy atom. The van der Waals surface area contributed by atoms with Crippen molar-refractivity contribution in [3.05, 3.63) is 0 Å². The first-order chi connectivity index (χ1) is 13.3. The summed E-state index contributed by atoms with van der Waals surface area (Å²) < 4.78 is 0. The summed E-state index contributed by atoms with van der Waals surface area (Å²) in [6.45, 7) is 7.25. The molecule has 0 aliphatic carbocycles. The zero-order valence-corrected chi connectivity index (χ0v) is 17.7. The summed E-state index contributed by atoms with van der Waals surface area (Å²) in [6.07, 6.45) is 5.94. The standard InChI is InChI=1S/C20H37N3O5/c1-5-8-11-15(21-14(4)24)18(25)22-16(12-9-6-2)19(26)23-17(20(27)28)13-10-7-3/h15-17H,5-13H2,1-4H3,(H,21,24)(H,22,25)(H,23,26)(H,27,28)/t15-,16-,17-/m0/s1. The van der Waals surface area contributed by atoms with Gasteiger partial charge in [0.05, 0.1) is 0 Å². The van der Waals surface area contributed by atoms with E-state index in [0.29, 0.717) is 32.1 Å². The molecule has 0 aromatic carbocycles. The Bertz CT molecular complexity index is 510. The van der Waals surface area contributed by atoms with Gasteiger partial charge in [-0.1, -0.05) is 59.3 Å². The molecular formula is C20H37N3O5. The van der Waals surface area contributed by atoms with Gasteiger partial charge in [0.2, 0.25) is 17.7 Å². The van der Waals surface area contributed by atoms with Crippen molar-refractivity contribution < 1.29 is 24.3 Å². The maximum Gasteiger partial charge on any atom is 0.326 e. The molecule has 4 N–H and O–H groups in total. The molecule has 0 aliphatic rings. The Morgan fingerprint density at radius 1 is 0.679 bits per heavy atom. The van der Waals surface area contributed by atoms with Crippen molar-refractivity contribution in [2.24, 2.45) is 0 Å². The summed E-state index contributed by atoms with van der Waals surface area (Å²) in [4.78, 5) is 48.1. The van der Waals surface area contributed by atoms with E-state index in [-0.39, 0.29) is 5.91 Å². The first-order valence-electron chi connectivity index (χ1n) is 10.4. The molecule has 0 unspecified atom stereocenters. The van der Waals surface area contributed by atoms with Crippen molar-refractivity contribution in [2.45, 2.75) is 104 Å². The van der Waals surface area contributed by atoms with E-state index in [0.717, 1.165) is 25.7 Å². The van der Waals surface area contributed by atoms with E-state index in [1.165, 1.54) is 6.92 Å². The van der Waals surface area contributed by atoms with Gasteiger partial charge in [0, 0.05) is 6.92 Å². The SMILES string of the molecule is CCCC[C@H](NC(=O)[C@H](CCCC)NC(=O)[C@H](CCCC)NC(C)=O)C(=O)O. The van der Waals surface area contributed by atoms with E-state index in [9.17, 15) is 24.3 Å². The summed E-state index contributed by atoms with van der Waals surface area (Å²) in [5.41, 5.74) is 0. The van der Waals surface area contributed by atoms with Crippen LogP contribution in [0.15, 0.2) is 0 Å². The van der Waals surface area contributed by atoms with Crippen LogP contribution in [0.25, 0.3) is 0 Å². The molecule has 0 bridgehead atoms. The molecule has 0 heterocycles. The van der Waals surface area contributed by atoms with Gasteiger partial charge in [-0.25, -0.2) is 4.79 Å². The van der Waals surface area contributed by atoms with E-state index >= 15 is 0 Å². The highest BCUT2D eigenvalue weighted by Gasteiger charge is 2.28. The van der Waals surface area contributed by atoms with Crippen molar-refractivity contribution in [3.8, 4) is 0 Å². The maximum atomic E-state index is 12.6. The van der Waals surface area contributed by atoms with Gasteiger partial charge in [0.25, 0.3) is 0 Å². The lowest BCUT2D eigenvalue weighted by Crippen LogP contribution is -2.55. The molecule has 0 aromatic rings. The molecular weight excluding hydrogens is 362 g/mol. The first-order valence-corrected chi connectivity index (χ1v) is 10.4. The van der Waals surface area contributed by atoms with E-state index in [1.807, 2.05) is 20.8 Å². The van der Waals surface area contributed by atoms with Crippen LogP contribution in [0.2, 0.25) is 0 Å². The minimum Gasteiger partial charge on any atom is -0.480 e. The highest BCUT2D eigenvalue weighted by molar-refractivity contribution is 5.93. The monoisotopic (exact) mass is 399 g/mol. The number of amides is 3. The lowest BCUT2D eigenvalue weighted by atomic mass is 10.0. The average Bonchev–Trinajstić information content (AvgIpc) is 2.64. The van der Waals surface area contributed by atoms with Gasteiger partial charge in [-0.2, -0.15) is 0 Å². The van der Waals surface area contributed by atoms with Crippen LogP contribution in [0.5, 0.6) is 0 Å². The van der Waals surface area contributed by atoms with Gasteiger partial charge in [-0.3, -0.25) is 14.4 Å². The summed E-state index contributed by atoms with van der Waals surface area (Å²) >= 11 is 0. The van der Waals surface area contributed by atoms with E-state index in [2.05, 4.69) is 16.0 Å². The average molecular weight is 400 g/mol. The van der Waals surface area contributed by atoms with Crippen molar-refractivity contribution >= 4 is 23.7 Å². The van der Waals surface area contributed by atoms with Crippen LogP contribution in [-0.2, 0) is 19.2 Å².